The second-order valence-electron chi connectivity index (χ2n) is 4.96. The maximum atomic E-state index is 12.1. The smallest absolute Gasteiger partial charge is 0.263 e. The lowest BCUT2D eigenvalue weighted by Crippen LogP contribution is -2.24. The van der Waals surface area contributed by atoms with Crippen LogP contribution < -0.4 is 10.1 Å². The SMILES string of the molecule is CCCCCNC(=O)c1sc(COc2cccnc2)nc1C. The number of unbranched alkanes of at least 4 members (excludes halogenated alkanes) is 2. The Kier molecular flexibility index (Phi) is 6.33. The van der Waals surface area contributed by atoms with Crippen LogP contribution in [0.25, 0.3) is 0 Å². The van der Waals surface area contributed by atoms with E-state index in [1.54, 1.807) is 12.4 Å². The minimum atomic E-state index is -0.0428. The van der Waals surface area contributed by atoms with E-state index in [4.69, 9.17) is 4.74 Å². The summed E-state index contributed by atoms with van der Waals surface area (Å²) in [4.78, 5) is 21.2. The van der Waals surface area contributed by atoms with Crippen LogP contribution in [-0.2, 0) is 6.61 Å². The third-order valence-corrected chi connectivity index (χ3v) is 4.24. The molecule has 1 amide bonds. The number of aryl methyl sites for hydroxylation is 1. The highest BCUT2D eigenvalue weighted by Crippen LogP contribution is 2.20. The molecule has 0 atom stereocenters. The highest BCUT2D eigenvalue weighted by Gasteiger charge is 2.15. The van der Waals surface area contributed by atoms with Gasteiger partial charge in [-0.2, -0.15) is 0 Å². The normalized spacial score (nSPS) is 10.5. The number of carbonyl (C=O) groups excluding carboxylic acids is 1. The summed E-state index contributed by atoms with van der Waals surface area (Å²) in [6.07, 6.45) is 6.64. The van der Waals surface area contributed by atoms with Gasteiger partial charge in [0.05, 0.1) is 11.9 Å². The van der Waals surface area contributed by atoms with Crippen molar-refractivity contribution in [3.05, 3.63) is 40.1 Å². The third kappa shape index (κ3) is 4.80. The van der Waals surface area contributed by atoms with Crippen molar-refractivity contribution < 1.29 is 9.53 Å². The maximum absolute atomic E-state index is 12.1. The van der Waals surface area contributed by atoms with Gasteiger partial charge in [0.15, 0.2) is 0 Å². The Hall–Kier alpha value is -1.95. The zero-order valence-electron chi connectivity index (χ0n) is 13.0. The fraction of sp³-hybridized carbons (Fsp3) is 0.438. The molecule has 0 bridgehead atoms. The van der Waals surface area contributed by atoms with Crippen LogP contribution in [0.15, 0.2) is 24.5 Å². The molecule has 0 aliphatic rings. The molecule has 2 heterocycles. The number of carbonyl (C=O) groups is 1. The highest BCUT2D eigenvalue weighted by molar-refractivity contribution is 7.13. The summed E-state index contributed by atoms with van der Waals surface area (Å²) in [7, 11) is 0. The molecule has 1 N–H and O–H groups in total. The van der Waals surface area contributed by atoms with E-state index in [0.29, 0.717) is 23.8 Å². The molecule has 0 aromatic carbocycles. The maximum Gasteiger partial charge on any atom is 0.263 e. The first-order valence-electron chi connectivity index (χ1n) is 7.48. The molecule has 22 heavy (non-hydrogen) atoms. The second kappa shape index (κ2) is 8.48. The zero-order valence-corrected chi connectivity index (χ0v) is 13.8. The lowest BCUT2D eigenvalue weighted by atomic mass is 10.2. The van der Waals surface area contributed by atoms with Crippen molar-refractivity contribution >= 4 is 17.2 Å². The van der Waals surface area contributed by atoms with Crippen molar-refractivity contribution in [3.8, 4) is 5.75 Å². The van der Waals surface area contributed by atoms with E-state index >= 15 is 0 Å². The number of nitrogens with one attached hydrogen (secondary N) is 1. The van der Waals surface area contributed by atoms with Gasteiger partial charge in [-0.25, -0.2) is 4.98 Å². The quantitative estimate of drug-likeness (QED) is 0.758. The molecule has 0 aliphatic heterocycles. The Balaban J connectivity index is 1.88. The van der Waals surface area contributed by atoms with Gasteiger partial charge in [0.1, 0.15) is 22.2 Å². The molecule has 6 heteroatoms. The molecule has 0 fully saturated rings. The number of rotatable bonds is 8. The summed E-state index contributed by atoms with van der Waals surface area (Å²) in [5.41, 5.74) is 0.753. The molecule has 0 saturated carbocycles. The zero-order chi connectivity index (χ0) is 15.8. The van der Waals surface area contributed by atoms with Crippen LogP contribution >= 0.6 is 11.3 Å². The number of thiazole rings is 1. The topological polar surface area (TPSA) is 64.1 Å². The van der Waals surface area contributed by atoms with Crippen LogP contribution in [0.5, 0.6) is 5.75 Å². The second-order valence-corrected chi connectivity index (χ2v) is 6.05. The van der Waals surface area contributed by atoms with Crippen molar-refractivity contribution in [3.63, 3.8) is 0 Å². The molecule has 2 aromatic rings. The summed E-state index contributed by atoms with van der Waals surface area (Å²) < 4.78 is 5.61. The first kappa shape index (κ1) is 16.4. The number of aromatic nitrogens is 2. The third-order valence-electron chi connectivity index (χ3n) is 3.11. The number of pyridine rings is 1. The molecule has 118 valence electrons. The van der Waals surface area contributed by atoms with E-state index in [9.17, 15) is 4.79 Å². The number of ether oxygens (including phenoxy) is 1. The van der Waals surface area contributed by atoms with Crippen LogP contribution in [0.4, 0.5) is 0 Å². The van der Waals surface area contributed by atoms with Gasteiger partial charge in [0.25, 0.3) is 5.91 Å². The Morgan fingerprint density at radius 2 is 2.27 bits per heavy atom. The van der Waals surface area contributed by atoms with Gasteiger partial charge in [-0.3, -0.25) is 9.78 Å². The van der Waals surface area contributed by atoms with E-state index in [1.165, 1.54) is 11.3 Å². The molecule has 0 aliphatic carbocycles. The van der Waals surface area contributed by atoms with Crippen LogP contribution in [0.2, 0.25) is 0 Å². The summed E-state index contributed by atoms with van der Waals surface area (Å²) in [6.45, 7) is 5.06. The van der Waals surface area contributed by atoms with E-state index in [0.717, 1.165) is 30.0 Å². The van der Waals surface area contributed by atoms with Gasteiger partial charge in [0.2, 0.25) is 0 Å². The average Bonchev–Trinajstić information content (AvgIpc) is 2.91. The van der Waals surface area contributed by atoms with E-state index in [2.05, 4.69) is 22.2 Å². The molecular formula is C16H21N3O2S. The fourth-order valence-corrected chi connectivity index (χ4v) is 2.85. The van der Waals surface area contributed by atoms with E-state index < -0.39 is 0 Å². The minimum Gasteiger partial charge on any atom is -0.485 e. The van der Waals surface area contributed by atoms with Gasteiger partial charge in [-0.1, -0.05) is 19.8 Å². The molecule has 0 spiro atoms. The van der Waals surface area contributed by atoms with Gasteiger partial charge in [-0.15, -0.1) is 11.3 Å². The van der Waals surface area contributed by atoms with Crippen molar-refractivity contribution in [2.75, 3.05) is 6.54 Å². The van der Waals surface area contributed by atoms with Crippen LogP contribution in [0.3, 0.4) is 0 Å². The van der Waals surface area contributed by atoms with Crippen molar-refractivity contribution in [1.82, 2.24) is 15.3 Å². The van der Waals surface area contributed by atoms with Crippen molar-refractivity contribution in [2.45, 2.75) is 39.7 Å². The standard InChI is InChI=1S/C16H21N3O2S/c1-3-4-5-9-18-16(20)15-12(2)19-14(22-15)11-21-13-7-6-8-17-10-13/h6-8,10H,3-5,9,11H2,1-2H3,(H,18,20). The van der Waals surface area contributed by atoms with Gasteiger partial charge in [-0.05, 0) is 25.5 Å². The molecule has 2 rings (SSSR count). The van der Waals surface area contributed by atoms with Crippen LogP contribution in [0.1, 0.15) is 46.6 Å². The van der Waals surface area contributed by atoms with Gasteiger partial charge >= 0.3 is 0 Å². The lowest BCUT2D eigenvalue weighted by Gasteiger charge is -2.03. The van der Waals surface area contributed by atoms with Crippen LogP contribution in [0, 0.1) is 6.92 Å². The Morgan fingerprint density at radius 1 is 1.41 bits per heavy atom. The number of hydrogen-bond acceptors (Lipinski definition) is 5. The first-order valence-corrected chi connectivity index (χ1v) is 8.29. The van der Waals surface area contributed by atoms with Crippen molar-refractivity contribution in [1.29, 1.82) is 0 Å². The summed E-state index contributed by atoms with van der Waals surface area (Å²) in [6, 6.07) is 3.66. The molecule has 5 nitrogen and oxygen atoms in total. The van der Waals surface area contributed by atoms with E-state index in [1.807, 2.05) is 19.1 Å². The Labute approximate surface area is 134 Å². The number of nitrogens with zero attached hydrogens (tertiary/aromatic N) is 2. The molecule has 0 unspecified atom stereocenters. The summed E-state index contributed by atoms with van der Waals surface area (Å²) in [5, 5.41) is 3.73. The molecular weight excluding hydrogens is 298 g/mol. The van der Waals surface area contributed by atoms with E-state index in [-0.39, 0.29) is 5.91 Å². The van der Waals surface area contributed by atoms with Gasteiger partial charge in [0, 0.05) is 12.7 Å². The number of hydrogen-bond donors (Lipinski definition) is 1. The molecule has 0 saturated heterocycles. The fourth-order valence-electron chi connectivity index (χ4n) is 1.96. The molecule has 2 aromatic heterocycles. The minimum absolute atomic E-state index is 0.0428. The summed E-state index contributed by atoms with van der Waals surface area (Å²) >= 11 is 1.38. The highest BCUT2D eigenvalue weighted by atomic mass is 32.1. The monoisotopic (exact) mass is 319 g/mol. The molecule has 0 radical (unpaired) electrons. The predicted molar refractivity (Wildman–Crippen MR) is 87.3 cm³/mol. The Morgan fingerprint density at radius 3 is 3.00 bits per heavy atom. The number of amides is 1. The van der Waals surface area contributed by atoms with Crippen LogP contribution in [-0.4, -0.2) is 22.4 Å². The largest absolute Gasteiger partial charge is 0.485 e. The summed E-state index contributed by atoms with van der Waals surface area (Å²) in [5.74, 6) is 0.652. The predicted octanol–water partition coefficient (Wildman–Crippen LogP) is 3.35. The van der Waals surface area contributed by atoms with Gasteiger partial charge < -0.3 is 10.1 Å². The lowest BCUT2D eigenvalue weighted by molar-refractivity contribution is 0.0956. The van der Waals surface area contributed by atoms with Crippen molar-refractivity contribution in [2.24, 2.45) is 0 Å². The first-order chi connectivity index (χ1) is 10.7. The Bertz CT molecular complexity index is 599. The average molecular weight is 319 g/mol.